The summed E-state index contributed by atoms with van der Waals surface area (Å²) >= 11 is 0. The normalized spacial score (nSPS) is 17.3. The molecular formula is C21H24N4O2. The average molecular weight is 364 g/mol. The molecular weight excluding hydrogens is 340 g/mol. The molecule has 4 rings (SSSR count). The predicted molar refractivity (Wildman–Crippen MR) is 109 cm³/mol. The molecule has 6 nitrogen and oxygen atoms in total. The summed E-state index contributed by atoms with van der Waals surface area (Å²) in [4.78, 5) is 18.6. The first kappa shape index (κ1) is 17.5. The van der Waals surface area contributed by atoms with Crippen LogP contribution in [0.5, 0.6) is 0 Å². The van der Waals surface area contributed by atoms with Crippen molar-refractivity contribution in [1.29, 1.82) is 0 Å². The first-order valence-electron chi connectivity index (χ1n) is 9.33. The minimum Gasteiger partial charge on any atom is -0.396 e. The average Bonchev–Trinajstić information content (AvgIpc) is 2.72. The van der Waals surface area contributed by atoms with Gasteiger partial charge in [-0.25, -0.2) is 4.98 Å². The smallest absolute Gasteiger partial charge is 0.250 e. The lowest BCUT2D eigenvalue weighted by atomic mass is 9.98. The maximum atomic E-state index is 11.8. The molecule has 3 aromatic rings. The summed E-state index contributed by atoms with van der Waals surface area (Å²) in [6, 6.07) is 13.5. The lowest BCUT2D eigenvalue weighted by Gasteiger charge is -2.33. The number of aromatic nitrogens is 2. The molecule has 0 spiro atoms. The number of rotatable bonds is 4. The number of aliphatic hydroxyl groups excluding tert-OH is 1. The SMILES string of the molecule is Cn1c(=O)ccc2cnc(Nc3ccc(N4CCCC(CO)C4)cc3)cc21. The molecule has 27 heavy (non-hydrogen) atoms. The Bertz CT molecular complexity index is 997. The number of piperidine rings is 1. The van der Waals surface area contributed by atoms with Gasteiger partial charge in [0.2, 0.25) is 0 Å². The van der Waals surface area contributed by atoms with Gasteiger partial charge in [0, 0.05) is 61.8 Å². The van der Waals surface area contributed by atoms with Crippen LogP contribution in [0.4, 0.5) is 17.2 Å². The lowest BCUT2D eigenvalue weighted by Crippen LogP contribution is -2.36. The highest BCUT2D eigenvalue weighted by Crippen LogP contribution is 2.25. The molecule has 1 atom stereocenters. The Balaban J connectivity index is 1.52. The number of pyridine rings is 2. The Kier molecular flexibility index (Phi) is 4.81. The van der Waals surface area contributed by atoms with E-state index in [1.54, 1.807) is 29.9 Å². The molecule has 0 radical (unpaired) electrons. The molecule has 1 aromatic carbocycles. The standard InChI is InChI=1S/C21H24N4O2/c1-24-19-11-20(22-12-16(19)4-9-21(24)27)23-17-5-7-18(8-6-17)25-10-2-3-15(13-25)14-26/h4-9,11-12,15,26H,2-3,10,13-14H2,1H3,(H,22,23). The third kappa shape index (κ3) is 3.66. The number of fused-ring (bicyclic) bond motifs is 1. The fourth-order valence-electron chi connectivity index (χ4n) is 3.69. The lowest BCUT2D eigenvalue weighted by molar-refractivity contribution is 0.209. The summed E-state index contributed by atoms with van der Waals surface area (Å²) in [6.45, 7) is 2.19. The van der Waals surface area contributed by atoms with E-state index < -0.39 is 0 Å². The summed E-state index contributed by atoms with van der Waals surface area (Å²) in [5, 5.41) is 13.7. The van der Waals surface area contributed by atoms with E-state index >= 15 is 0 Å². The molecule has 1 saturated heterocycles. The molecule has 2 N–H and O–H groups in total. The second-order valence-electron chi connectivity index (χ2n) is 7.17. The van der Waals surface area contributed by atoms with Crippen molar-refractivity contribution >= 4 is 28.1 Å². The van der Waals surface area contributed by atoms with E-state index in [1.165, 1.54) is 5.69 Å². The summed E-state index contributed by atoms with van der Waals surface area (Å²) in [5.74, 6) is 1.07. The first-order chi connectivity index (χ1) is 13.1. The van der Waals surface area contributed by atoms with Crippen molar-refractivity contribution in [1.82, 2.24) is 9.55 Å². The molecule has 0 saturated carbocycles. The van der Waals surface area contributed by atoms with Crippen LogP contribution in [-0.4, -0.2) is 34.4 Å². The van der Waals surface area contributed by atoms with Crippen molar-refractivity contribution in [3.8, 4) is 0 Å². The number of hydrogen-bond donors (Lipinski definition) is 2. The highest BCUT2D eigenvalue weighted by molar-refractivity contribution is 5.81. The Morgan fingerprint density at radius 2 is 2.04 bits per heavy atom. The second-order valence-corrected chi connectivity index (χ2v) is 7.17. The summed E-state index contributed by atoms with van der Waals surface area (Å²) in [7, 11) is 1.77. The minimum atomic E-state index is -0.0354. The highest BCUT2D eigenvalue weighted by Gasteiger charge is 2.19. The number of aryl methyl sites for hydroxylation is 1. The number of anilines is 3. The van der Waals surface area contributed by atoms with Crippen LogP contribution in [0.15, 0.2) is 53.5 Å². The Labute approximate surface area is 158 Å². The van der Waals surface area contributed by atoms with Crippen LogP contribution in [0.25, 0.3) is 10.9 Å². The molecule has 0 bridgehead atoms. The van der Waals surface area contributed by atoms with Crippen LogP contribution < -0.4 is 15.8 Å². The van der Waals surface area contributed by atoms with E-state index in [1.807, 2.05) is 18.2 Å². The zero-order valence-electron chi connectivity index (χ0n) is 15.4. The molecule has 6 heteroatoms. The molecule has 0 aliphatic carbocycles. The molecule has 1 fully saturated rings. The maximum absolute atomic E-state index is 11.8. The van der Waals surface area contributed by atoms with Crippen molar-refractivity contribution in [3.63, 3.8) is 0 Å². The molecule has 1 unspecified atom stereocenters. The van der Waals surface area contributed by atoms with Gasteiger partial charge < -0.3 is 19.9 Å². The van der Waals surface area contributed by atoms with E-state index in [-0.39, 0.29) is 12.2 Å². The van der Waals surface area contributed by atoms with Crippen LogP contribution in [0.2, 0.25) is 0 Å². The van der Waals surface area contributed by atoms with Gasteiger partial charge in [0.15, 0.2) is 0 Å². The molecule has 3 heterocycles. The van der Waals surface area contributed by atoms with Gasteiger partial charge in [0.25, 0.3) is 5.56 Å². The fraction of sp³-hybridized carbons (Fsp3) is 0.333. The number of benzene rings is 1. The van der Waals surface area contributed by atoms with Gasteiger partial charge in [-0.1, -0.05) is 0 Å². The first-order valence-corrected chi connectivity index (χ1v) is 9.33. The number of aliphatic hydroxyl groups is 1. The van der Waals surface area contributed by atoms with Crippen molar-refractivity contribution in [2.24, 2.45) is 13.0 Å². The van der Waals surface area contributed by atoms with Gasteiger partial charge >= 0.3 is 0 Å². The van der Waals surface area contributed by atoms with Gasteiger partial charge in [-0.15, -0.1) is 0 Å². The van der Waals surface area contributed by atoms with Crippen LogP contribution in [0.1, 0.15) is 12.8 Å². The van der Waals surface area contributed by atoms with Crippen LogP contribution >= 0.6 is 0 Å². The van der Waals surface area contributed by atoms with Gasteiger partial charge in [-0.2, -0.15) is 0 Å². The number of hydrogen-bond acceptors (Lipinski definition) is 5. The monoisotopic (exact) mass is 364 g/mol. The van der Waals surface area contributed by atoms with Crippen molar-refractivity contribution in [2.45, 2.75) is 12.8 Å². The summed E-state index contributed by atoms with van der Waals surface area (Å²) in [5.41, 5.74) is 2.93. The van der Waals surface area contributed by atoms with Gasteiger partial charge in [0.1, 0.15) is 5.82 Å². The molecule has 0 amide bonds. The topological polar surface area (TPSA) is 70.4 Å². The van der Waals surface area contributed by atoms with Crippen molar-refractivity contribution < 1.29 is 5.11 Å². The molecule has 140 valence electrons. The van der Waals surface area contributed by atoms with Crippen LogP contribution in [0.3, 0.4) is 0 Å². The van der Waals surface area contributed by atoms with Gasteiger partial charge in [-0.3, -0.25) is 4.79 Å². The molecule has 2 aromatic heterocycles. The minimum absolute atomic E-state index is 0.0354. The van der Waals surface area contributed by atoms with Gasteiger partial charge in [-0.05, 0) is 49.1 Å². The zero-order chi connectivity index (χ0) is 18.8. The molecule has 1 aliphatic heterocycles. The largest absolute Gasteiger partial charge is 0.396 e. The van der Waals surface area contributed by atoms with E-state index in [0.717, 1.165) is 42.5 Å². The third-order valence-electron chi connectivity index (χ3n) is 5.29. The molecule has 1 aliphatic rings. The summed E-state index contributed by atoms with van der Waals surface area (Å²) in [6.07, 6.45) is 3.99. The van der Waals surface area contributed by atoms with Crippen LogP contribution in [-0.2, 0) is 7.05 Å². The quantitative estimate of drug-likeness (QED) is 0.745. The zero-order valence-corrected chi connectivity index (χ0v) is 15.4. The second kappa shape index (κ2) is 7.40. The van der Waals surface area contributed by atoms with E-state index in [2.05, 4.69) is 27.3 Å². The number of nitrogens with zero attached hydrogens (tertiary/aromatic N) is 3. The maximum Gasteiger partial charge on any atom is 0.250 e. The van der Waals surface area contributed by atoms with E-state index in [0.29, 0.717) is 11.7 Å². The van der Waals surface area contributed by atoms with E-state index in [4.69, 9.17) is 0 Å². The van der Waals surface area contributed by atoms with E-state index in [9.17, 15) is 9.90 Å². The Hall–Kier alpha value is -2.86. The van der Waals surface area contributed by atoms with Crippen molar-refractivity contribution in [2.75, 3.05) is 29.9 Å². The predicted octanol–water partition coefficient (Wildman–Crippen LogP) is 2.89. The van der Waals surface area contributed by atoms with Gasteiger partial charge in [0.05, 0.1) is 5.52 Å². The fourth-order valence-corrected chi connectivity index (χ4v) is 3.69. The Morgan fingerprint density at radius 3 is 2.81 bits per heavy atom. The Morgan fingerprint density at radius 1 is 1.22 bits per heavy atom. The highest BCUT2D eigenvalue weighted by atomic mass is 16.3. The van der Waals surface area contributed by atoms with Crippen molar-refractivity contribution in [3.05, 3.63) is 59.0 Å². The summed E-state index contributed by atoms with van der Waals surface area (Å²) < 4.78 is 1.62. The number of nitrogens with one attached hydrogen (secondary N) is 1. The van der Waals surface area contributed by atoms with Crippen LogP contribution in [0, 0.1) is 5.92 Å². The third-order valence-corrected chi connectivity index (χ3v) is 5.29.